The number of oxime groups is 1. The maximum atomic E-state index is 8.49. The summed E-state index contributed by atoms with van der Waals surface area (Å²) >= 11 is 0. The number of rotatable bonds is 8. The van der Waals surface area contributed by atoms with Crippen molar-refractivity contribution in [2.24, 2.45) is 16.8 Å². The summed E-state index contributed by atoms with van der Waals surface area (Å²) in [5.41, 5.74) is 5.49. The highest BCUT2D eigenvalue weighted by Crippen LogP contribution is 1.99. The van der Waals surface area contributed by atoms with Crippen molar-refractivity contribution in [2.45, 2.75) is 20.3 Å². The lowest BCUT2D eigenvalue weighted by Crippen LogP contribution is -2.33. The van der Waals surface area contributed by atoms with Crippen LogP contribution in [0.2, 0.25) is 0 Å². The Balaban J connectivity index is 3.60. The molecule has 0 fully saturated rings. The van der Waals surface area contributed by atoms with Crippen molar-refractivity contribution in [3.63, 3.8) is 0 Å². The van der Waals surface area contributed by atoms with Crippen LogP contribution in [0.1, 0.15) is 20.3 Å². The number of nitrogens with two attached hydrogens (primary N) is 1. The van der Waals surface area contributed by atoms with Crippen LogP contribution in [0.3, 0.4) is 0 Å². The molecule has 0 aliphatic rings. The molecule has 0 saturated heterocycles. The molecule has 0 heterocycles. The van der Waals surface area contributed by atoms with Crippen molar-refractivity contribution in [1.82, 2.24) is 4.90 Å². The van der Waals surface area contributed by atoms with Crippen LogP contribution in [0, 0.1) is 5.92 Å². The SMILES string of the molecule is CCOCCCN(C)CC(C)C(N)=NO. The van der Waals surface area contributed by atoms with Crippen LogP contribution in [0.15, 0.2) is 5.16 Å². The second-order valence-corrected chi connectivity index (χ2v) is 3.74. The average Bonchev–Trinajstić information content (AvgIpc) is 2.23. The highest BCUT2D eigenvalue weighted by atomic mass is 16.5. The predicted molar refractivity (Wildman–Crippen MR) is 61.2 cm³/mol. The molecule has 0 aliphatic carbocycles. The number of ether oxygens (including phenoxy) is 1. The summed E-state index contributed by atoms with van der Waals surface area (Å²) in [5.74, 6) is 0.360. The highest BCUT2D eigenvalue weighted by Gasteiger charge is 2.10. The predicted octanol–water partition coefficient (Wildman–Crippen LogP) is 0.727. The van der Waals surface area contributed by atoms with Gasteiger partial charge < -0.3 is 20.6 Å². The number of nitrogens with zero attached hydrogens (tertiary/aromatic N) is 2. The van der Waals surface area contributed by atoms with E-state index >= 15 is 0 Å². The summed E-state index contributed by atoms with van der Waals surface area (Å²) in [4.78, 5) is 2.15. The third kappa shape index (κ3) is 7.16. The normalized spacial score (nSPS) is 14.5. The molecule has 1 unspecified atom stereocenters. The van der Waals surface area contributed by atoms with Crippen molar-refractivity contribution in [1.29, 1.82) is 0 Å². The minimum Gasteiger partial charge on any atom is -0.409 e. The Kier molecular flexibility index (Phi) is 8.04. The fraction of sp³-hybridized carbons (Fsp3) is 0.900. The van der Waals surface area contributed by atoms with Crippen LogP contribution in [0.4, 0.5) is 0 Å². The average molecular weight is 217 g/mol. The van der Waals surface area contributed by atoms with Crippen LogP contribution in [0.25, 0.3) is 0 Å². The molecule has 0 spiro atoms. The molecule has 0 aromatic carbocycles. The van der Waals surface area contributed by atoms with Crippen molar-refractivity contribution in [2.75, 3.05) is 33.4 Å². The minimum atomic E-state index is 0.0760. The third-order valence-corrected chi connectivity index (χ3v) is 2.24. The van der Waals surface area contributed by atoms with E-state index in [1.807, 2.05) is 20.9 Å². The van der Waals surface area contributed by atoms with Crippen LogP contribution in [-0.4, -0.2) is 49.3 Å². The molecule has 0 aliphatic heterocycles. The summed E-state index contributed by atoms with van der Waals surface area (Å²) in [5, 5.41) is 11.5. The molecule has 5 nitrogen and oxygen atoms in total. The quantitative estimate of drug-likeness (QED) is 0.207. The summed E-state index contributed by atoms with van der Waals surface area (Å²) in [7, 11) is 2.02. The lowest BCUT2D eigenvalue weighted by Gasteiger charge is -2.20. The lowest BCUT2D eigenvalue weighted by atomic mass is 10.1. The number of hydrogen-bond acceptors (Lipinski definition) is 4. The molecule has 0 amide bonds. The molecule has 3 N–H and O–H groups in total. The van der Waals surface area contributed by atoms with Gasteiger partial charge in [-0.3, -0.25) is 0 Å². The molecule has 0 aromatic rings. The number of amidine groups is 1. The first kappa shape index (κ1) is 14.2. The van der Waals surface area contributed by atoms with E-state index in [9.17, 15) is 0 Å². The second-order valence-electron chi connectivity index (χ2n) is 3.74. The Morgan fingerprint density at radius 3 is 2.80 bits per heavy atom. The molecule has 1 atom stereocenters. The Morgan fingerprint density at radius 2 is 2.27 bits per heavy atom. The van der Waals surface area contributed by atoms with Gasteiger partial charge in [-0.05, 0) is 20.4 Å². The first-order valence-electron chi connectivity index (χ1n) is 5.35. The van der Waals surface area contributed by atoms with Crippen molar-refractivity contribution in [3.05, 3.63) is 0 Å². The smallest absolute Gasteiger partial charge is 0.143 e. The monoisotopic (exact) mass is 217 g/mol. The fourth-order valence-corrected chi connectivity index (χ4v) is 1.33. The number of hydrogen-bond donors (Lipinski definition) is 2. The standard InChI is InChI=1S/C10H23N3O2/c1-4-15-7-5-6-13(3)8-9(2)10(11)12-14/h9,14H,4-8H2,1-3H3,(H2,11,12). The zero-order valence-electron chi connectivity index (χ0n) is 9.94. The van der Waals surface area contributed by atoms with E-state index in [1.54, 1.807) is 0 Å². The third-order valence-electron chi connectivity index (χ3n) is 2.24. The van der Waals surface area contributed by atoms with E-state index in [-0.39, 0.29) is 11.8 Å². The van der Waals surface area contributed by atoms with E-state index in [0.29, 0.717) is 0 Å². The van der Waals surface area contributed by atoms with Crippen molar-refractivity contribution >= 4 is 5.84 Å². The van der Waals surface area contributed by atoms with Gasteiger partial charge in [-0.1, -0.05) is 12.1 Å². The Bertz CT molecular complexity index is 186. The Hall–Kier alpha value is -0.810. The van der Waals surface area contributed by atoms with Crippen LogP contribution < -0.4 is 5.73 Å². The van der Waals surface area contributed by atoms with Gasteiger partial charge in [0, 0.05) is 32.2 Å². The maximum Gasteiger partial charge on any atom is 0.143 e. The first-order chi connectivity index (χ1) is 7.11. The van der Waals surface area contributed by atoms with Crippen molar-refractivity contribution in [3.8, 4) is 0 Å². The topological polar surface area (TPSA) is 71.1 Å². The maximum absolute atomic E-state index is 8.49. The first-order valence-corrected chi connectivity index (χ1v) is 5.35. The van der Waals surface area contributed by atoms with Crippen LogP contribution in [0.5, 0.6) is 0 Å². The van der Waals surface area contributed by atoms with Crippen LogP contribution in [-0.2, 0) is 4.74 Å². The van der Waals surface area contributed by atoms with Gasteiger partial charge in [0.05, 0.1) is 0 Å². The summed E-state index contributed by atoms with van der Waals surface area (Å²) in [6.07, 6.45) is 1.01. The molecule has 90 valence electrons. The van der Waals surface area contributed by atoms with E-state index < -0.39 is 0 Å². The van der Waals surface area contributed by atoms with Gasteiger partial charge in [-0.25, -0.2) is 0 Å². The van der Waals surface area contributed by atoms with Gasteiger partial charge >= 0.3 is 0 Å². The Labute approximate surface area is 91.9 Å². The molecular weight excluding hydrogens is 194 g/mol. The Morgan fingerprint density at radius 1 is 1.60 bits per heavy atom. The molecule has 0 saturated carbocycles. The van der Waals surface area contributed by atoms with Crippen molar-refractivity contribution < 1.29 is 9.94 Å². The van der Waals surface area contributed by atoms with Gasteiger partial charge in [-0.2, -0.15) is 0 Å². The van der Waals surface area contributed by atoms with Gasteiger partial charge in [0.1, 0.15) is 5.84 Å². The van der Waals surface area contributed by atoms with Gasteiger partial charge in [0.15, 0.2) is 0 Å². The highest BCUT2D eigenvalue weighted by molar-refractivity contribution is 5.82. The van der Waals surface area contributed by atoms with E-state index in [0.717, 1.165) is 32.7 Å². The van der Waals surface area contributed by atoms with Gasteiger partial charge in [-0.15, -0.1) is 0 Å². The van der Waals surface area contributed by atoms with Crippen LogP contribution >= 0.6 is 0 Å². The molecule has 0 radical (unpaired) electrons. The fourth-order valence-electron chi connectivity index (χ4n) is 1.33. The molecule has 5 heteroatoms. The molecule has 0 bridgehead atoms. The molecule has 15 heavy (non-hydrogen) atoms. The molecule has 0 rings (SSSR count). The second kappa shape index (κ2) is 8.49. The van der Waals surface area contributed by atoms with Gasteiger partial charge in [0.2, 0.25) is 0 Å². The summed E-state index contributed by atoms with van der Waals surface area (Å²) < 4.78 is 5.24. The van der Waals surface area contributed by atoms with Gasteiger partial charge in [0.25, 0.3) is 0 Å². The van der Waals surface area contributed by atoms with E-state index in [1.165, 1.54) is 0 Å². The molecular formula is C10H23N3O2. The largest absolute Gasteiger partial charge is 0.409 e. The molecule has 0 aromatic heterocycles. The zero-order chi connectivity index (χ0) is 11.7. The summed E-state index contributed by atoms with van der Waals surface area (Å²) in [6, 6.07) is 0. The lowest BCUT2D eigenvalue weighted by molar-refractivity contribution is 0.134. The summed E-state index contributed by atoms with van der Waals surface area (Å²) in [6.45, 7) is 7.24. The minimum absolute atomic E-state index is 0.0760. The zero-order valence-corrected chi connectivity index (χ0v) is 9.94. The van der Waals surface area contributed by atoms with E-state index in [4.69, 9.17) is 15.7 Å². The van der Waals surface area contributed by atoms with E-state index in [2.05, 4.69) is 10.1 Å².